The SMILES string of the molecule is C=Cc1ccc(N(c2ccc(/C=C/c3c(Cl)c(Cl)c([C](c4c(Cl)c(Cl)c(Cl)c(Cl)c4Cl)c4c(Cl)c(Cl)c(CP(=O)(OCC)OCC)c(Cl)c4Cl)c(Cl)c3Cl)cc2)c2ccc(OCC(CC)CCCC)cc2)cc1. The van der Waals surface area contributed by atoms with Crippen LogP contribution in [0.25, 0.3) is 18.2 Å². The zero-order valence-electron chi connectivity index (χ0n) is 39.5. The first-order chi connectivity index (χ1) is 34.8. The van der Waals surface area contributed by atoms with E-state index in [4.69, 9.17) is 165 Å². The molecule has 19 heteroatoms. The van der Waals surface area contributed by atoms with Gasteiger partial charge in [-0.3, -0.25) is 4.57 Å². The van der Waals surface area contributed by atoms with E-state index in [0.717, 1.165) is 53.2 Å². The fourth-order valence-electron chi connectivity index (χ4n) is 7.89. The van der Waals surface area contributed by atoms with Crippen LogP contribution in [0.15, 0.2) is 79.4 Å². The quantitative estimate of drug-likeness (QED) is 0.0223. The van der Waals surface area contributed by atoms with Gasteiger partial charge >= 0.3 is 7.60 Å². The van der Waals surface area contributed by atoms with Crippen molar-refractivity contribution in [3.05, 3.63) is 190 Å². The summed E-state index contributed by atoms with van der Waals surface area (Å²) in [6.07, 6.45) is 9.45. The Balaban J connectivity index is 1.43. The summed E-state index contributed by atoms with van der Waals surface area (Å²) in [5.41, 5.74) is 4.61. The van der Waals surface area contributed by atoms with Gasteiger partial charge in [0.25, 0.3) is 0 Å². The third-order valence-corrected chi connectivity index (χ3v) is 19.5. The molecule has 0 aliphatic rings. The van der Waals surface area contributed by atoms with Gasteiger partial charge in [-0.15, -0.1) is 0 Å². The number of halogens is 13. The summed E-state index contributed by atoms with van der Waals surface area (Å²) in [5.74, 6) is 1.24. The maximum Gasteiger partial charge on any atom is 0.335 e. The monoisotopic (exact) mass is 1260 g/mol. The molecule has 0 aliphatic heterocycles. The van der Waals surface area contributed by atoms with Gasteiger partial charge in [0.15, 0.2) is 0 Å². The molecule has 6 aromatic rings. The van der Waals surface area contributed by atoms with Gasteiger partial charge in [0.1, 0.15) is 5.75 Å². The molecule has 0 heterocycles. The standard InChI is InChI=1S/C54H46Cl13NO4P/c1-6-11-12-30(8-3)27-70-35-24-22-34(23-25-35)68(32-18-13-29(7-2)14-19-32)33-20-15-31(16-21-33)17-26-36-42(55)46(59)39(47(60)43(36)56)38(41-50(63)52(65)54(67)53(66)51(41)64)40-48(61)44(57)37(45(58)49(40)62)28-73(69,71-9-4)72-10-5/h7,13-26,30H,2,6,8-12,27-28H2,1,3-5H3/b26-17+. The number of hydrogen-bond acceptors (Lipinski definition) is 5. The molecule has 6 aromatic carbocycles. The van der Waals surface area contributed by atoms with Crippen LogP contribution >= 0.6 is 158 Å². The van der Waals surface area contributed by atoms with Crippen LogP contribution in [0.1, 0.15) is 92.3 Å². The summed E-state index contributed by atoms with van der Waals surface area (Å²) in [5, 5.41) is -2.12. The van der Waals surface area contributed by atoms with E-state index in [1.165, 1.54) is 6.42 Å². The molecule has 6 rings (SSSR count). The minimum Gasteiger partial charge on any atom is -0.493 e. The number of nitrogens with zero attached hydrogens (tertiary/aromatic N) is 1. The molecule has 0 spiro atoms. The third kappa shape index (κ3) is 13.6. The highest BCUT2D eigenvalue weighted by molar-refractivity contribution is 7.53. The lowest BCUT2D eigenvalue weighted by Crippen LogP contribution is -2.12. The second kappa shape index (κ2) is 27.3. The van der Waals surface area contributed by atoms with Crippen molar-refractivity contribution in [1.29, 1.82) is 0 Å². The van der Waals surface area contributed by atoms with Crippen molar-refractivity contribution < 1.29 is 18.3 Å². The van der Waals surface area contributed by atoms with Gasteiger partial charge in [0.2, 0.25) is 0 Å². The number of ether oxygens (including phenoxy) is 1. The lowest BCUT2D eigenvalue weighted by Gasteiger charge is -2.28. The van der Waals surface area contributed by atoms with Crippen molar-refractivity contribution >= 4 is 194 Å². The van der Waals surface area contributed by atoms with E-state index in [9.17, 15) is 4.57 Å². The number of benzene rings is 6. The largest absolute Gasteiger partial charge is 0.493 e. The fraction of sp³-hybridized carbons (Fsp3) is 0.241. The molecular weight excluding hydrogens is 1220 g/mol. The van der Waals surface area contributed by atoms with Gasteiger partial charge in [0, 0.05) is 44.9 Å². The van der Waals surface area contributed by atoms with E-state index in [-0.39, 0.29) is 112 Å². The maximum absolute atomic E-state index is 13.7. The van der Waals surface area contributed by atoms with E-state index in [2.05, 4.69) is 25.3 Å². The average Bonchev–Trinajstić information content (AvgIpc) is 3.38. The van der Waals surface area contributed by atoms with E-state index in [1.807, 2.05) is 72.8 Å². The van der Waals surface area contributed by atoms with Crippen LogP contribution in [0, 0.1) is 11.8 Å². The number of rotatable bonds is 22. The molecule has 1 unspecified atom stereocenters. The topological polar surface area (TPSA) is 48.0 Å². The first-order valence-electron chi connectivity index (χ1n) is 22.8. The maximum atomic E-state index is 13.7. The van der Waals surface area contributed by atoms with E-state index in [1.54, 1.807) is 32.1 Å². The van der Waals surface area contributed by atoms with Crippen LogP contribution < -0.4 is 9.64 Å². The molecule has 0 aromatic heterocycles. The number of hydrogen-bond donors (Lipinski definition) is 0. The molecule has 0 aliphatic carbocycles. The summed E-state index contributed by atoms with van der Waals surface area (Å²) in [6.45, 7) is 12.4. The van der Waals surface area contributed by atoms with E-state index in [0.29, 0.717) is 12.5 Å². The smallest absolute Gasteiger partial charge is 0.335 e. The molecule has 0 amide bonds. The zero-order chi connectivity index (χ0) is 53.5. The van der Waals surface area contributed by atoms with Crippen LogP contribution in [-0.2, 0) is 19.8 Å². The highest BCUT2D eigenvalue weighted by atomic mass is 35.5. The Morgan fingerprint density at radius 2 is 0.959 bits per heavy atom. The molecule has 5 nitrogen and oxygen atoms in total. The minimum atomic E-state index is -3.81. The molecule has 0 saturated heterocycles. The Morgan fingerprint density at radius 3 is 1.38 bits per heavy atom. The predicted molar refractivity (Wildman–Crippen MR) is 319 cm³/mol. The van der Waals surface area contributed by atoms with Gasteiger partial charge in [-0.25, -0.2) is 0 Å². The summed E-state index contributed by atoms with van der Waals surface area (Å²) >= 11 is 90.7. The molecule has 387 valence electrons. The summed E-state index contributed by atoms with van der Waals surface area (Å²) in [7, 11) is -3.81. The Morgan fingerprint density at radius 1 is 0.548 bits per heavy atom. The van der Waals surface area contributed by atoms with E-state index >= 15 is 0 Å². The second-order valence-electron chi connectivity index (χ2n) is 16.4. The molecule has 0 saturated carbocycles. The highest BCUT2D eigenvalue weighted by Gasteiger charge is 2.39. The lowest BCUT2D eigenvalue weighted by molar-refractivity contribution is 0.219. The normalized spacial score (nSPS) is 12.3. The second-order valence-corrected chi connectivity index (χ2v) is 23.3. The van der Waals surface area contributed by atoms with Gasteiger partial charge in [-0.1, -0.05) is 233 Å². The Kier molecular flexibility index (Phi) is 22.6. The van der Waals surface area contributed by atoms with Crippen molar-refractivity contribution in [3.63, 3.8) is 0 Å². The first kappa shape index (κ1) is 60.5. The molecule has 0 bridgehead atoms. The minimum absolute atomic E-state index is 0.0435. The average molecular weight is 1260 g/mol. The van der Waals surface area contributed by atoms with Gasteiger partial charge < -0.3 is 18.7 Å². The Bertz CT molecular complexity index is 2950. The van der Waals surface area contributed by atoms with E-state index < -0.39 is 13.8 Å². The predicted octanol–water partition coefficient (Wildman–Crippen LogP) is 23.8. The molecule has 1 radical (unpaired) electrons. The van der Waals surface area contributed by atoms with Crippen molar-refractivity contribution in [2.75, 3.05) is 24.7 Å². The summed E-state index contributed by atoms with van der Waals surface area (Å²) in [6, 6.07) is 24.1. The number of unbranched alkanes of at least 4 members (excludes halogenated alkanes) is 1. The van der Waals surface area contributed by atoms with Crippen LogP contribution in [-0.4, -0.2) is 19.8 Å². The molecule has 0 fully saturated rings. The zero-order valence-corrected chi connectivity index (χ0v) is 50.3. The molecular formula is C54H46Cl13NO4P. The van der Waals surface area contributed by atoms with Crippen molar-refractivity contribution in [3.8, 4) is 5.75 Å². The Labute approximate surface area is 492 Å². The Hall–Kier alpha value is -1.68. The highest BCUT2D eigenvalue weighted by Crippen LogP contribution is 2.60. The van der Waals surface area contributed by atoms with Crippen molar-refractivity contribution in [2.24, 2.45) is 5.92 Å². The summed E-state index contributed by atoms with van der Waals surface area (Å²) in [4.78, 5) is 2.15. The van der Waals surface area contributed by atoms with Crippen molar-refractivity contribution in [1.82, 2.24) is 0 Å². The summed E-state index contributed by atoms with van der Waals surface area (Å²) < 4.78 is 31.0. The first-order valence-corrected chi connectivity index (χ1v) is 29.4. The van der Waals surface area contributed by atoms with Crippen LogP contribution in [0.3, 0.4) is 0 Å². The van der Waals surface area contributed by atoms with Crippen molar-refractivity contribution in [2.45, 2.75) is 59.5 Å². The molecule has 73 heavy (non-hydrogen) atoms. The van der Waals surface area contributed by atoms with Crippen LogP contribution in [0.4, 0.5) is 17.1 Å². The van der Waals surface area contributed by atoms with Gasteiger partial charge in [-0.05, 0) is 85.8 Å². The lowest BCUT2D eigenvalue weighted by atomic mass is 9.83. The van der Waals surface area contributed by atoms with Gasteiger partial charge in [0.05, 0.1) is 97.2 Å². The number of anilines is 3. The fourth-order valence-corrected chi connectivity index (χ4v) is 13.5. The third-order valence-electron chi connectivity index (χ3n) is 11.7. The van der Waals surface area contributed by atoms with Gasteiger partial charge in [-0.2, -0.15) is 0 Å². The van der Waals surface area contributed by atoms with Crippen LogP contribution in [0.2, 0.25) is 65.3 Å². The molecule has 1 atom stereocenters. The molecule has 0 N–H and O–H groups in total. The van der Waals surface area contributed by atoms with Crippen LogP contribution in [0.5, 0.6) is 5.75 Å².